The van der Waals surface area contributed by atoms with E-state index in [-0.39, 0.29) is 23.3 Å². The van der Waals surface area contributed by atoms with Crippen LogP contribution in [0.1, 0.15) is 43.4 Å². The van der Waals surface area contributed by atoms with Gasteiger partial charge in [-0.15, -0.1) is 0 Å². The first-order chi connectivity index (χ1) is 14.3. The van der Waals surface area contributed by atoms with Crippen molar-refractivity contribution >= 4 is 37.5 Å². The molecule has 162 valence electrons. The van der Waals surface area contributed by atoms with E-state index in [0.717, 1.165) is 39.7 Å². The van der Waals surface area contributed by atoms with Crippen LogP contribution < -0.4 is 5.32 Å². The van der Waals surface area contributed by atoms with Gasteiger partial charge in [0.15, 0.2) is 0 Å². The SMILES string of the molecule is CCc1cc(Br)cc(CC)c1NC(=O)C1CCCN(S(=O)(=O)c2ccc(C)cc2)C1. The summed E-state index contributed by atoms with van der Waals surface area (Å²) in [5.74, 6) is -0.470. The number of aryl methyl sites for hydroxylation is 3. The minimum Gasteiger partial charge on any atom is -0.325 e. The molecule has 1 aliphatic rings. The fourth-order valence-corrected chi connectivity index (χ4v) is 5.98. The number of hydrogen-bond donors (Lipinski definition) is 1. The van der Waals surface area contributed by atoms with Crippen molar-refractivity contribution in [3.05, 3.63) is 57.6 Å². The van der Waals surface area contributed by atoms with Gasteiger partial charge in [-0.2, -0.15) is 4.31 Å². The topological polar surface area (TPSA) is 66.5 Å². The number of piperidine rings is 1. The lowest BCUT2D eigenvalue weighted by atomic mass is 9.97. The highest BCUT2D eigenvalue weighted by Gasteiger charge is 2.33. The van der Waals surface area contributed by atoms with Crippen LogP contribution in [0.15, 0.2) is 45.8 Å². The minimum atomic E-state index is -3.60. The predicted octanol–water partition coefficient (Wildman–Crippen LogP) is 4.92. The van der Waals surface area contributed by atoms with E-state index in [2.05, 4.69) is 35.1 Å². The Morgan fingerprint density at radius 3 is 2.30 bits per heavy atom. The Morgan fingerprint density at radius 2 is 1.73 bits per heavy atom. The molecule has 1 heterocycles. The summed E-state index contributed by atoms with van der Waals surface area (Å²) in [6.45, 7) is 6.70. The minimum absolute atomic E-state index is 0.106. The van der Waals surface area contributed by atoms with Crippen LogP contribution in [0.2, 0.25) is 0 Å². The van der Waals surface area contributed by atoms with Crippen LogP contribution in [0, 0.1) is 12.8 Å². The summed E-state index contributed by atoms with van der Waals surface area (Å²) < 4.78 is 28.6. The molecular formula is C23H29BrN2O3S. The summed E-state index contributed by atoms with van der Waals surface area (Å²) in [5.41, 5.74) is 4.04. The highest BCUT2D eigenvalue weighted by molar-refractivity contribution is 9.10. The zero-order valence-corrected chi connectivity index (χ0v) is 20.1. The number of hydrogen-bond acceptors (Lipinski definition) is 3. The second-order valence-electron chi connectivity index (χ2n) is 7.81. The van der Waals surface area contributed by atoms with Gasteiger partial charge in [0, 0.05) is 23.2 Å². The molecule has 0 aromatic heterocycles. The van der Waals surface area contributed by atoms with Crippen LogP contribution in [0.25, 0.3) is 0 Å². The van der Waals surface area contributed by atoms with Gasteiger partial charge in [0.2, 0.25) is 15.9 Å². The van der Waals surface area contributed by atoms with Crippen molar-refractivity contribution < 1.29 is 13.2 Å². The molecule has 0 aliphatic carbocycles. The van der Waals surface area contributed by atoms with Crippen LogP contribution in [0.4, 0.5) is 5.69 Å². The molecule has 2 aromatic rings. The van der Waals surface area contributed by atoms with Gasteiger partial charge in [-0.05, 0) is 68.0 Å². The summed E-state index contributed by atoms with van der Waals surface area (Å²) in [4.78, 5) is 13.4. The molecule has 30 heavy (non-hydrogen) atoms. The molecule has 1 atom stereocenters. The highest BCUT2D eigenvalue weighted by Crippen LogP contribution is 2.30. The molecule has 1 N–H and O–H groups in total. The second-order valence-corrected chi connectivity index (χ2v) is 10.7. The molecule has 0 saturated carbocycles. The first-order valence-electron chi connectivity index (χ1n) is 10.4. The van der Waals surface area contributed by atoms with Gasteiger partial charge < -0.3 is 5.32 Å². The van der Waals surface area contributed by atoms with Crippen molar-refractivity contribution in [3.8, 4) is 0 Å². The zero-order valence-electron chi connectivity index (χ0n) is 17.7. The lowest BCUT2D eigenvalue weighted by Gasteiger charge is -2.31. The number of nitrogens with zero attached hydrogens (tertiary/aromatic N) is 1. The molecule has 1 fully saturated rings. The maximum absolute atomic E-state index is 13.1. The summed E-state index contributed by atoms with van der Waals surface area (Å²) in [7, 11) is -3.60. The van der Waals surface area contributed by atoms with E-state index in [1.54, 1.807) is 24.3 Å². The predicted molar refractivity (Wildman–Crippen MR) is 124 cm³/mol. The van der Waals surface area contributed by atoms with E-state index in [0.29, 0.717) is 19.4 Å². The normalized spacial score (nSPS) is 17.7. The van der Waals surface area contributed by atoms with Crippen LogP contribution in [-0.2, 0) is 27.7 Å². The number of sulfonamides is 1. The van der Waals surface area contributed by atoms with E-state index < -0.39 is 10.0 Å². The Hall–Kier alpha value is -1.70. The maximum atomic E-state index is 13.1. The Labute approximate surface area is 188 Å². The standard InChI is InChI=1S/C23H29BrN2O3S/c1-4-17-13-20(24)14-18(5-2)22(17)25-23(27)19-7-6-12-26(15-19)30(28,29)21-10-8-16(3)9-11-21/h8-11,13-14,19H,4-7,12,15H2,1-3H3,(H,25,27). The van der Waals surface area contributed by atoms with E-state index in [4.69, 9.17) is 0 Å². The number of anilines is 1. The number of carbonyl (C=O) groups is 1. The molecule has 1 saturated heterocycles. The van der Waals surface area contributed by atoms with Gasteiger partial charge in [0.05, 0.1) is 10.8 Å². The molecule has 1 amide bonds. The third-order valence-corrected chi connectivity index (χ3v) is 8.03. The smallest absolute Gasteiger partial charge is 0.243 e. The van der Waals surface area contributed by atoms with Gasteiger partial charge in [-0.25, -0.2) is 8.42 Å². The average molecular weight is 493 g/mol. The van der Waals surface area contributed by atoms with Crippen LogP contribution in [-0.4, -0.2) is 31.7 Å². The monoisotopic (exact) mass is 492 g/mol. The first kappa shape index (κ1) is 23.0. The Balaban J connectivity index is 1.79. The number of rotatable bonds is 6. The molecule has 1 unspecified atom stereocenters. The third kappa shape index (κ3) is 4.95. The lowest BCUT2D eigenvalue weighted by molar-refractivity contribution is -0.120. The molecule has 2 aromatic carbocycles. The van der Waals surface area contributed by atoms with Crippen LogP contribution in [0.3, 0.4) is 0 Å². The third-order valence-electron chi connectivity index (χ3n) is 5.69. The van der Waals surface area contributed by atoms with Crippen molar-refractivity contribution in [1.29, 1.82) is 0 Å². The van der Waals surface area contributed by atoms with Gasteiger partial charge in [0.25, 0.3) is 0 Å². The fraction of sp³-hybridized carbons (Fsp3) is 0.435. The van der Waals surface area contributed by atoms with Crippen molar-refractivity contribution in [2.75, 3.05) is 18.4 Å². The largest absolute Gasteiger partial charge is 0.325 e. The molecule has 0 spiro atoms. The van der Waals surface area contributed by atoms with Gasteiger partial charge in [0.1, 0.15) is 0 Å². The molecule has 3 rings (SSSR count). The van der Waals surface area contributed by atoms with Crippen molar-refractivity contribution in [1.82, 2.24) is 4.31 Å². The van der Waals surface area contributed by atoms with Crippen molar-refractivity contribution in [2.24, 2.45) is 5.92 Å². The Kier molecular flexibility index (Phi) is 7.37. The summed E-state index contributed by atoms with van der Waals surface area (Å²) >= 11 is 3.54. The summed E-state index contributed by atoms with van der Waals surface area (Å²) in [5, 5.41) is 3.12. The average Bonchev–Trinajstić information content (AvgIpc) is 2.74. The molecule has 0 radical (unpaired) electrons. The second kappa shape index (κ2) is 9.62. The summed E-state index contributed by atoms with van der Waals surface area (Å²) in [6, 6.07) is 10.9. The van der Waals surface area contributed by atoms with Gasteiger partial charge in [-0.1, -0.05) is 47.5 Å². The number of amides is 1. The molecule has 0 bridgehead atoms. The highest BCUT2D eigenvalue weighted by atomic mass is 79.9. The molecular weight excluding hydrogens is 464 g/mol. The Morgan fingerprint density at radius 1 is 1.13 bits per heavy atom. The number of halogens is 1. The number of benzene rings is 2. The van der Waals surface area contributed by atoms with Gasteiger partial charge in [-0.3, -0.25) is 4.79 Å². The molecule has 1 aliphatic heterocycles. The molecule has 7 heteroatoms. The lowest BCUT2D eigenvalue weighted by Crippen LogP contribution is -2.43. The maximum Gasteiger partial charge on any atom is 0.243 e. The van der Waals surface area contributed by atoms with E-state index in [1.165, 1.54) is 4.31 Å². The van der Waals surface area contributed by atoms with Gasteiger partial charge >= 0.3 is 0 Å². The Bertz CT molecular complexity index is 994. The molecule has 5 nitrogen and oxygen atoms in total. The first-order valence-corrected chi connectivity index (χ1v) is 12.7. The van der Waals surface area contributed by atoms with E-state index >= 15 is 0 Å². The quantitative estimate of drug-likeness (QED) is 0.621. The van der Waals surface area contributed by atoms with E-state index in [1.807, 2.05) is 19.1 Å². The van der Waals surface area contributed by atoms with Crippen molar-refractivity contribution in [3.63, 3.8) is 0 Å². The number of nitrogens with one attached hydrogen (secondary N) is 1. The number of carbonyl (C=O) groups excluding carboxylic acids is 1. The zero-order chi connectivity index (χ0) is 21.9. The van der Waals surface area contributed by atoms with E-state index in [9.17, 15) is 13.2 Å². The van der Waals surface area contributed by atoms with Crippen molar-refractivity contribution in [2.45, 2.75) is 51.3 Å². The van der Waals surface area contributed by atoms with Crippen LogP contribution in [0.5, 0.6) is 0 Å². The fourth-order valence-electron chi connectivity index (χ4n) is 3.90. The van der Waals surface area contributed by atoms with Crippen LogP contribution >= 0.6 is 15.9 Å². The summed E-state index contributed by atoms with van der Waals surface area (Å²) in [6.07, 6.45) is 2.97.